The Morgan fingerprint density at radius 2 is 2.14 bits per heavy atom. The van der Waals surface area contributed by atoms with Crippen molar-refractivity contribution in [3.05, 3.63) is 23.2 Å². The summed E-state index contributed by atoms with van der Waals surface area (Å²) in [4.78, 5) is 0.184. The fraction of sp³-hybridized carbons (Fsp3) is 0.538. The van der Waals surface area contributed by atoms with Crippen molar-refractivity contribution in [2.24, 2.45) is 5.73 Å². The first-order valence-corrected chi connectivity index (χ1v) is 8.38. The first-order valence-electron chi connectivity index (χ1n) is 6.56. The maximum absolute atomic E-state index is 12.7. The normalized spacial score (nSPS) is 19.9. The largest absolute Gasteiger partial charge is 0.495 e. The van der Waals surface area contributed by atoms with Gasteiger partial charge in [-0.1, -0.05) is 18.0 Å². The third-order valence-electron chi connectivity index (χ3n) is 3.58. The Hall–Kier alpha value is -0.530. The van der Waals surface area contributed by atoms with Crippen LogP contribution in [0.4, 0.5) is 0 Å². The van der Waals surface area contributed by atoms with E-state index >= 15 is 0 Å². The standard InChI is InChI=1S/C13H19ClN2O3S.ClH/c1-19-13-6-5-11(8-12(13)14)20(17,18)16-7-3-2-4-10(16)9-15;/h5-6,8,10H,2-4,7,9,15H2,1H3;1H. The number of rotatable bonds is 4. The topological polar surface area (TPSA) is 72.6 Å². The van der Waals surface area contributed by atoms with Crippen molar-refractivity contribution in [3.8, 4) is 5.75 Å². The molecule has 1 aromatic rings. The van der Waals surface area contributed by atoms with Gasteiger partial charge in [0.25, 0.3) is 0 Å². The van der Waals surface area contributed by atoms with Crippen molar-refractivity contribution >= 4 is 34.0 Å². The molecule has 0 aliphatic carbocycles. The highest BCUT2D eigenvalue weighted by Gasteiger charge is 2.32. The highest BCUT2D eigenvalue weighted by Crippen LogP contribution is 2.30. The molecule has 1 unspecified atom stereocenters. The molecule has 1 heterocycles. The summed E-state index contributed by atoms with van der Waals surface area (Å²) < 4.78 is 31.9. The van der Waals surface area contributed by atoms with Crippen LogP contribution in [0.5, 0.6) is 5.75 Å². The van der Waals surface area contributed by atoms with Gasteiger partial charge in [0, 0.05) is 19.1 Å². The van der Waals surface area contributed by atoms with E-state index in [0.717, 1.165) is 19.3 Å². The molecular formula is C13H20Cl2N2O3S. The van der Waals surface area contributed by atoms with E-state index in [1.54, 1.807) is 6.07 Å². The minimum absolute atomic E-state index is 0. The van der Waals surface area contributed by atoms with Gasteiger partial charge >= 0.3 is 0 Å². The number of benzene rings is 1. The SMILES string of the molecule is COc1ccc(S(=O)(=O)N2CCCCC2CN)cc1Cl.Cl. The van der Waals surface area contributed by atoms with Crippen molar-refractivity contribution in [1.29, 1.82) is 0 Å². The third kappa shape index (κ3) is 3.81. The molecule has 0 bridgehead atoms. The molecule has 2 rings (SSSR count). The summed E-state index contributed by atoms with van der Waals surface area (Å²) in [5.41, 5.74) is 5.69. The van der Waals surface area contributed by atoms with Gasteiger partial charge in [0.2, 0.25) is 10.0 Å². The van der Waals surface area contributed by atoms with Gasteiger partial charge in [-0.15, -0.1) is 12.4 Å². The molecular weight excluding hydrogens is 335 g/mol. The fourth-order valence-electron chi connectivity index (χ4n) is 2.47. The van der Waals surface area contributed by atoms with Gasteiger partial charge < -0.3 is 10.5 Å². The Balaban J connectivity index is 0.00000220. The van der Waals surface area contributed by atoms with Crippen molar-refractivity contribution < 1.29 is 13.2 Å². The van der Waals surface area contributed by atoms with Gasteiger partial charge in [-0.2, -0.15) is 4.31 Å². The molecule has 1 atom stereocenters. The molecule has 0 aromatic heterocycles. The van der Waals surface area contributed by atoms with Gasteiger partial charge in [0.15, 0.2) is 0 Å². The van der Waals surface area contributed by atoms with Crippen LogP contribution in [0.25, 0.3) is 0 Å². The zero-order valence-electron chi connectivity index (χ0n) is 11.8. The number of halogens is 2. The van der Waals surface area contributed by atoms with E-state index in [9.17, 15) is 8.42 Å². The second-order valence-corrected chi connectivity index (χ2v) is 7.10. The molecule has 2 N–H and O–H groups in total. The lowest BCUT2D eigenvalue weighted by Gasteiger charge is -2.33. The molecule has 1 aliphatic heterocycles. The fourth-order valence-corrected chi connectivity index (χ4v) is 4.52. The Kier molecular flexibility index (Phi) is 6.74. The minimum Gasteiger partial charge on any atom is -0.495 e. The van der Waals surface area contributed by atoms with Crippen LogP contribution in [0.3, 0.4) is 0 Å². The van der Waals surface area contributed by atoms with Crippen LogP contribution >= 0.6 is 24.0 Å². The smallest absolute Gasteiger partial charge is 0.243 e. The van der Waals surface area contributed by atoms with Gasteiger partial charge in [-0.3, -0.25) is 0 Å². The molecule has 8 heteroatoms. The third-order valence-corrected chi connectivity index (χ3v) is 5.82. The monoisotopic (exact) mass is 354 g/mol. The quantitative estimate of drug-likeness (QED) is 0.899. The summed E-state index contributed by atoms with van der Waals surface area (Å²) in [5, 5.41) is 0.287. The Morgan fingerprint density at radius 3 is 2.71 bits per heavy atom. The van der Waals surface area contributed by atoms with Gasteiger partial charge in [0.05, 0.1) is 17.0 Å². The molecule has 120 valence electrons. The van der Waals surface area contributed by atoms with Crippen molar-refractivity contribution in [2.45, 2.75) is 30.2 Å². The number of sulfonamides is 1. The zero-order valence-corrected chi connectivity index (χ0v) is 14.2. The lowest BCUT2D eigenvalue weighted by molar-refractivity contribution is 0.257. The van der Waals surface area contributed by atoms with E-state index in [-0.39, 0.29) is 28.4 Å². The highest BCUT2D eigenvalue weighted by molar-refractivity contribution is 7.89. The van der Waals surface area contributed by atoms with Crippen molar-refractivity contribution in [2.75, 3.05) is 20.2 Å². The summed E-state index contributed by atoms with van der Waals surface area (Å²) in [6, 6.07) is 4.38. The first kappa shape index (κ1) is 18.5. The minimum atomic E-state index is -3.56. The van der Waals surface area contributed by atoms with Crippen molar-refractivity contribution in [1.82, 2.24) is 4.31 Å². The van der Waals surface area contributed by atoms with Crippen LogP contribution in [-0.2, 0) is 10.0 Å². The Morgan fingerprint density at radius 1 is 1.43 bits per heavy atom. The van der Waals surface area contributed by atoms with Crippen LogP contribution in [0, 0.1) is 0 Å². The van der Waals surface area contributed by atoms with Crippen LogP contribution < -0.4 is 10.5 Å². The molecule has 0 spiro atoms. The zero-order chi connectivity index (χ0) is 14.8. The van der Waals surface area contributed by atoms with E-state index in [1.807, 2.05) is 0 Å². The number of piperidine rings is 1. The second kappa shape index (κ2) is 7.65. The maximum atomic E-state index is 12.7. The van der Waals surface area contributed by atoms with Crippen LogP contribution in [0.1, 0.15) is 19.3 Å². The van der Waals surface area contributed by atoms with Gasteiger partial charge in [0.1, 0.15) is 5.75 Å². The highest BCUT2D eigenvalue weighted by atomic mass is 35.5. The number of methoxy groups -OCH3 is 1. The summed E-state index contributed by atoms with van der Waals surface area (Å²) in [5.74, 6) is 0.458. The second-order valence-electron chi connectivity index (χ2n) is 4.80. The summed E-state index contributed by atoms with van der Waals surface area (Å²) in [7, 11) is -2.07. The van der Waals surface area contributed by atoms with E-state index in [2.05, 4.69) is 0 Å². The molecule has 1 aromatic carbocycles. The summed E-state index contributed by atoms with van der Waals surface area (Å²) >= 11 is 6.01. The Bertz CT molecular complexity index is 581. The summed E-state index contributed by atoms with van der Waals surface area (Å²) in [6.07, 6.45) is 2.68. The number of nitrogens with zero attached hydrogens (tertiary/aromatic N) is 1. The average molecular weight is 355 g/mol. The molecule has 0 amide bonds. The number of ether oxygens (including phenoxy) is 1. The first-order chi connectivity index (χ1) is 9.50. The lowest BCUT2D eigenvalue weighted by Crippen LogP contribution is -2.47. The predicted molar refractivity (Wildman–Crippen MR) is 85.8 cm³/mol. The molecule has 21 heavy (non-hydrogen) atoms. The molecule has 1 fully saturated rings. The van der Waals surface area contributed by atoms with E-state index < -0.39 is 10.0 Å². The maximum Gasteiger partial charge on any atom is 0.243 e. The predicted octanol–water partition coefficient (Wildman–Crippen LogP) is 2.27. The van der Waals surface area contributed by atoms with Crippen LogP contribution in [0.2, 0.25) is 5.02 Å². The van der Waals surface area contributed by atoms with Gasteiger partial charge in [-0.05, 0) is 31.0 Å². The van der Waals surface area contributed by atoms with Gasteiger partial charge in [-0.25, -0.2) is 8.42 Å². The molecule has 1 saturated heterocycles. The van der Waals surface area contributed by atoms with Crippen molar-refractivity contribution in [3.63, 3.8) is 0 Å². The Labute approximate surface area is 136 Å². The number of hydrogen-bond acceptors (Lipinski definition) is 4. The van der Waals surface area contributed by atoms with Crippen LogP contribution in [-0.4, -0.2) is 39.0 Å². The average Bonchev–Trinajstić information content (AvgIpc) is 2.47. The van der Waals surface area contributed by atoms with E-state index in [4.69, 9.17) is 22.1 Å². The van der Waals surface area contributed by atoms with E-state index in [1.165, 1.54) is 23.5 Å². The molecule has 0 saturated carbocycles. The molecule has 5 nitrogen and oxygen atoms in total. The number of nitrogens with two attached hydrogens (primary N) is 1. The molecule has 1 aliphatic rings. The molecule has 0 radical (unpaired) electrons. The van der Waals surface area contributed by atoms with E-state index in [0.29, 0.717) is 18.8 Å². The lowest BCUT2D eigenvalue weighted by atomic mass is 10.1. The number of hydrogen-bond donors (Lipinski definition) is 1. The summed E-state index contributed by atoms with van der Waals surface area (Å²) in [6.45, 7) is 0.844. The van der Waals surface area contributed by atoms with Crippen LogP contribution in [0.15, 0.2) is 23.1 Å².